The van der Waals surface area contributed by atoms with Gasteiger partial charge in [0.05, 0.1) is 14.2 Å². The lowest BCUT2D eigenvalue weighted by atomic mass is 9.80. The number of carbonyl (C=O) groups excluding carboxylic acids is 2. The average Bonchev–Trinajstić information content (AvgIpc) is 2.32. The summed E-state index contributed by atoms with van der Waals surface area (Å²) in [6.07, 6.45) is 5.41. The largest absolute Gasteiger partial charge is 0.468 e. The molecule has 16 heavy (non-hydrogen) atoms. The highest BCUT2D eigenvalue weighted by molar-refractivity contribution is 6.00. The zero-order valence-electron chi connectivity index (χ0n) is 9.49. The Bertz CT molecular complexity index is 273. The molecule has 0 aromatic heterocycles. The summed E-state index contributed by atoms with van der Waals surface area (Å²) in [7, 11) is 2.35. The van der Waals surface area contributed by atoms with Gasteiger partial charge in [-0.1, -0.05) is 0 Å². The van der Waals surface area contributed by atoms with Gasteiger partial charge in [0.1, 0.15) is 0 Å². The Morgan fingerprint density at radius 2 is 1.81 bits per heavy atom. The van der Waals surface area contributed by atoms with E-state index < -0.39 is 17.4 Å². The number of esters is 2. The van der Waals surface area contributed by atoms with Crippen LogP contribution in [-0.2, 0) is 19.1 Å². The first kappa shape index (κ1) is 14.5. The zero-order chi connectivity index (χ0) is 12.6. The summed E-state index contributed by atoms with van der Waals surface area (Å²) in [4.78, 5) is 23.3. The van der Waals surface area contributed by atoms with Crippen LogP contribution in [0.5, 0.6) is 0 Å². The van der Waals surface area contributed by atoms with Crippen LogP contribution < -0.4 is 0 Å². The molecule has 0 bridgehead atoms. The molecule has 0 saturated carbocycles. The number of aliphatic hydroxyl groups is 1. The molecule has 0 aliphatic rings. The van der Waals surface area contributed by atoms with Crippen LogP contribution in [0.1, 0.15) is 19.3 Å². The van der Waals surface area contributed by atoms with Crippen molar-refractivity contribution in [2.75, 3.05) is 20.8 Å². The molecule has 0 unspecified atom stereocenters. The van der Waals surface area contributed by atoms with Crippen molar-refractivity contribution in [2.24, 2.45) is 5.41 Å². The van der Waals surface area contributed by atoms with Crippen molar-refractivity contribution in [3.8, 4) is 12.3 Å². The second-order valence-corrected chi connectivity index (χ2v) is 3.27. The fraction of sp³-hybridized carbons (Fsp3) is 0.636. The highest BCUT2D eigenvalue weighted by atomic mass is 16.5. The normalized spacial score (nSPS) is 10.4. The molecule has 0 aliphatic carbocycles. The van der Waals surface area contributed by atoms with Gasteiger partial charge < -0.3 is 14.6 Å². The highest BCUT2D eigenvalue weighted by Crippen LogP contribution is 2.31. The Balaban J connectivity index is 5.13. The lowest BCUT2D eigenvalue weighted by molar-refractivity contribution is -0.169. The molecule has 0 aromatic rings. The number of methoxy groups -OCH3 is 2. The van der Waals surface area contributed by atoms with Crippen molar-refractivity contribution in [3.05, 3.63) is 0 Å². The monoisotopic (exact) mass is 228 g/mol. The number of ether oxygens (including phenoxy) is 2. The molecule has 0 amide bonds. The standard InChI is InChI=1S/C11H16O5/c1-4-6-11(7-5-8-12,9(13)15-2)10(14)16-3/h1,12H,5-8H2,2-3H3. The maximum atomic E-state index is 11.6. The molecule has 5 heteroatoms. The molecule has 1 N–H and O–H groups in total. The van der Waals surface area contributed by atoms with Crippen LogP contribution in [0.2, 0.25) is 0 Å². The molecular formula is C11H16O5. The molecule has 0 heterocycles. The van der Waals surface area contributed by atoms with Crippen LogP contribution in [0.4, 0.5) is 0 Å². The zero-order valence-corrected chi connectivity index (χ0v) is 9.49. The van der Waals surface area contributed by atoms with Gasteiger partial charge in [0.15, 0.2) is 5.41 Å². The number of hydrogen-bond acceptors (Lipinski definition) is 5. The Labute approximate surface area is 94.7 Å². The predicted molar refractivity (Wildman–Crippen MR) is 56.2 cm³/mol. The first-order valence-electron chi connectivity index (χ1n) is 4.80. The minimum atomic E-state index is -1.50. The summed E-state index contributed by atoms with van der Waals surface area (Å²) < 4.78 is 9.14. The van der Waals surface area contributed by atoms with Crippen LogP contribution in [0.25, 0.3) is 0 Å². The fourth-order valence-corrected chi connectivity index (χ4v) is 1.47. The number of carbonyl (C=O) groups is 2. The van der Waals surface area contributed by atoms with E-state index in [0.717, 1.165) is 0 Å². The van der Waals surface area contributed by atoms with Crippen LogP contribution in [-0.4, -0.2) is 37.9 Å². The number of aliphatic hydroxyl groups excluding tert-OH is 1. The minimum absolute atomic E-state index is 0.104. The molecule has 0 rings (SSSR count). The van der Waals surface area contributed by atoms with E-state index in [1.807, 2.05) is 0 Å². The van der Waals surface area contributed by atoms with Gasteiger partial charge in [0.25, 0.3) is 0 Å². The number of hydrogen-bond donors (Lipinski definition) is 1. The third-order valence-electron chi connectivity index (χ3n) is 2.32. The summed E-state index contributed by atoms with van der Waals surface area (Å²) >= 11 is 0. The van der Waals surface area contributed by atoms with E-state index in [9.17, 15) is 9.59 Å². The van der Waals surface area contributed by atoms with Crippen molar-refractivity contribution in [1.82, 2.24) is 0 Å². The van der Waals surface area contributed by atoms with Gasteiger partial charge in [0.2, 0.25) is 0 Å². The van der Waals surface area contributed by atoms with Crippen molar-refractivity contribution >= 4 is 11.9 Å². The van der Waals surface area contributed by atoms with Crippen LogP contribution in [0, 0.1) is 17.8 Å². The van der Waals surface area contributed by atoms with Crippen molar-refractivity contribution in [3.63, 3.8) is 0 Å². The summed E-state index contributed by atoms with van der Waals surface area (Å²) in [5, 5.41) is 8.75. The quantitative estimate of drug-likeness (QED) is 0.397. The topological polar surface area (TPSA) is 72.8 Å². The number of rotatable bonds is 6. The number of terminal acetylenes is 1. The van der Waals surface area contributed by atoms with E-state index in [2.05, 4.69) is 15.4 Å². The predicted octanol–water partition coefficient (Wildman–Crippen LogP) is 0.115. The van der Waals surface area contributed by atoms with Crippen LogP contribution in [0.3, 0.4) is 0 Å². The van der Waals surface area contributed by atoms with E-state index in [1.54, 1.807) is 0 Å². The molecule has 0 atom stereocenters. The fourth-order valence-electron chi connectivity index (χ4n) is 1.47. The maximum absolute atomic E-state index is 11.6. The van der Waals surface area contributed by atoms with Gasteiger partial charge in [-0.05, 0) is 12.8 Å². The lowest BCUT2D eigenvalue weighted by Crippen LogP contribution is -2.41. The highest BCUT2D eigenvalue weighted by Gasteiger charge is 2.47. The molecule has 0 fully saturated rings. The smallest absolute Gasteiger partial charge is 0.324 e. The summed E-state index contributed by atoms with van der Waals surface area (Å²) in [5.41, 5.74) is -1.50. The minimum Gasteiger partial charge on any atom is -0.468 e. The van der Waals surface area contributed by atoms with Crippen molar-refractivity contribution in [2.45, 2.75) is 19.3 Å². The third kappa shape index (κ3) is 2.97. The second kappa shape index (κ2) is 6.85. The van der Waals surface area contributed by atoms with E-state index in [4.69, 9.17) is 11.5 Å². The Morgan fingerprint density at radius 1 is 1.31 bits per heavy atom. The Morgan fingerprint density at radius 3 is 2.12 bits per heavy atom. The first-order chi connectivity index (χ1) is 7.58. The summed E-state index contributed by atoms with van der Waals surface area (Å²) in [6, 6.07) is 0. The molecular weight excluding hydrogens is 212 g/mol. The summed E-state index contributed by atoms with van der Waals surface area (Å²) in [6.45, 7) is -0.139. The average molecular weight is 228 g/mol. The molecule has 0 spiro atoms. The van der Waals surface area contributed by atoms with Crippen molar-refractivity contribution < 1.29 is 24.2 Å². The molecule has 5 nitrogen and oxygen atoms in total. The van der Waals surface area contributed by atoms with Gasteiger partial charge >= 0.3 is 11.9 Å². The molecule has 0 radical (unpaired) electrons. The Kier molecular flexibility index (Phi) is 6.19. The Hall–Kier alpha value is -1.54. The van der Waals surface area contributed by atoms with E-state index in [0.29, 0.717) is 0 Å². The first-order valence-corrected chi connectivity index (χ1v) is 4.80. The van der Waals surface area contributed by atoms with Gasteiger partial charge in [-0.3, -0.25) is 9.59 Å². The molecule has 0 aromatic carbocycles. The van der Waals surface area contributed by atoms with Gasteiger partial charge in [-0.25, -0.2) is 0 Å². The summed E-state index contributed by atoms with van der Waals surface area (Å²) in [5.74, 6) is 0.803. The van der Waals surface area contributed by atoms with Crippen LogP contribution in [0.15, 0.2) is 0 Å². The lowest BCUT2D eigenvalue weighted by Gasteiger charge is -2.25. The van der Waals surface area contributed by atoms with Crippen molar-refractivity contribution in [1.29, 1.82) is 0 Å². The molecule has 90 valence electrons. The SMILES string of the molecule is C#CCC(CCCO)(C(=O)OC)C(=O)OC. The van der Waals surface area contributed by atoms with E-state index >= 15 is 0 Å². The van der Waals surface area contributed by atoms with Gasteiger partial charge in [-0.2, -0.15) is 0 Å². The van der Waals surface area contributed by atoms with Gasteiger partial charge in [-0.15, -0.1) is 12.3 Å². The van der Waals surface area contributed by atoms with E-state index in [-0.39, 0.29) is 25.9 Å². The second-order valence-electron chi connectivity index (χ2n) is 3.27. The van der Waals surface area contributed by atoms with Crippen LogP contribution >= 0.6 is 0 Å². The molecule has 0 saturated heterocycles. The van der Waals surface area contributed by atoms with Gasteiger partial charge in [0, 0.05) is 13.0 Å². The maximum Gasteiger partial charge on any atom is 0.324 e. The van der Waals surface area contributed by atoms with E-state index in [1.165, 1.54) is 14.2 Å². The third-order valence-corrected chi connectivity index (χ3v) is 2.32. The molecule has 0 aliphatic heterocycles.